The lowest BCUT2D eigenvalue weighted by Crippen LogP contribution is -2.66. The molecule has 2 saturated heterocycles. The summed E-state index contributed by atoms with van der Waals surface area (Å²) in [7, 11) is 1.50. The molecule has 0 aromatic heterocycles. The largest absolute Gasteiger partial charge is 0.496 e. The number of hydrogen-bond acceptors (Lipinski definition) is 11. The van der Waals surface area contributed by atoms with Crippen molar-refractivity contribution in [2.24, 2.45) is 16.7 Å². The number of hydrogen-bond donors (Lipinski definition) is 1. The van der Waals surface area contributed by atoms with Gasteiger partial charge in [-0.25, -0.2) is 0 Å². The van der Waals surface area contributed by atoms with Crippen molar-refractivity contribution in [1.82, 2.24) is 10.2 Å². The molecule has 3 aromatic carbocycles. The number of nitrogens with zero attached hydrogens (tertiary/aromatic N) is 3. The number of anilines is 1. The predicted molar refractivity (Wildman–Crippen MR) is 239 cm³/mol. The highest BCUT2D eigenvalue weighted by Gasteiger charge is 2.63. The van der Waals surface area contributed by atoms with Gasteiger partial charge < -0.3 is 29.2 Å². The zero-order valence-electron chi connectivity index (χ0n) is 37.9. The molecular weight excluding hydrogens is 797 g/mol. The third kappa shape index (κ3) is 8.84. The molecule has 1 atom stereocenters. The number of aryl methyl sites for hydroxylation is 2. The Balaban J connectivity index is 0.795. The van der Waals surface area contributed by atoms with Crippen LogP contribution in [-0.4, -0.2) is 97.9 Å². The Labute approximate surface area is 371 Å². The van der Waals surface area contributed by atoms with Gasteiger partial charge in [0.25, 0.3) is 5.91 Å². The van der Waals surface area contributed by atoms with E-state index in [2.05, 4.69) is 61.0 Å². The van der Waals surface area contributed by atoms with Crippen LogP contribution in [-0.2, 0) is 14.3 Å². The van der Waals surface area contributed by atoms with Crippen molar-refractivity contribution in [3.8, 4) is 23.3 Å². The van der Waals surface area contributed by atoms with Gasteiger partial charge >= 0.3 is 0 Å². The lowest BCUT2D eigenvalue weighted by Gasteiger charge is -2.63. The van der Waals surface area contributed by atoms with Crippen LogP contribution < -0.4 is 24.4 Å². The zero-order chi connectivity index (χ0) is 44.8. The number of carbonyl (C=O) groups excluding carboxylic acids is 4. The Hall–Kier alpha value is -5.25. The van der Waals surface area contributed by atoms with Crippen molar-refractivity contribution in [3.05, 3.63) is 82.4 Å². The number of methoxy groups -OCH3 is 1. The minimum absolute atomic E-state index is 0.0544. The third-order valence-corrected chi connectivity index (χ3v) is 15.0. The standard InChI is InChI=1S/C51H62N4O8/c1-31-22-38(23-32(2)41(31)29-52)63-48-49(3,4)46(50(48,5)6)28-43(57)33-8-10-34(11-9-33)54-18-16-51(17-19-54)30-55(20-21-61-51)35-24-39(25-35)62-37-13-14-40(45(27-37)60-7)47(59)53-42-15-12-36(56)26-44(42)58/h8-11,13-14,22-23,27,35,39,42,46,48H,12,15-21,24-26,28,30H2,1-7H3,(H,53,59)/t35?,39?,42-,46?,48?/m0/s1. The number of morpholine rings is 1. The fourth-order valence-corrected chi connectivity index (χ4v) is 11.5. The minimum Gasteiger partial charge on any atom is -0.496 e. The van der Waals surface area contributed by atoms with Crippen molar-refractivity contribution in [2.75, 3.05) is 44.8 Å². The Morgan fingerprint density at radius 1 is 0.905 bits per heavy atom. The fraction of sp³-hybridized carbons (Fsp3) is 0.549. The van der Waals surface area contributed by atoms with Gasteiger partial charge in [-0.2, -0.15) is 5.26 Å². The first kappa shape index (κ1) is 44.4. The monoisotopic (exact) mass is 858 g/mol. The van der Waals surface area contributed by atoms with Gasteiger partial charge in [-0.1, -0.05) is 27.7 Å². The van der Waals surface area contributed by atoms with Crippen LogP contribution in [0, 0.1) is 41.9 Å². The van der Waals surface area contributed by atoms with E-state index in [1.807, 2.05) is 38.1 Å². The molecule has 0 unspecified atom stereocenters. The molecule has 0 radical (unpaired) electrons. The summed E-state index contributed by atoms with van der Waals surface area (Å²) in [5.41, 5.74) is 4.10. The molecule has 2 aliphatic heterocycles. The summed E-state index contributed by atoms with van der Waals surface area (Å²) < 4.78 is 25.0. The molecule has 3 saturated carbocycles. The average Bonchev–Trinajstić information content (AvgIpc) is 3.24. The highest BCUT2D eigenvalue weighted by molar-refractivity contribution is 6.07. The van der Waals surface area contributed by atoms with Crippen LogP contribution in [0.15, 0.2) is 54.6 Å². The van der Waals surface area contributed by atoms with Crippen LogP contribution in [0.5, 0.6) is 17.2 Å². The van der Waals surface area contributed by atoms with Gasteiger partial charge in [0, 0.05) is 86.1 Å². The molecule has 3 aromatic rings. The number of piperidine rings is 1. The SMILES string of the molecule is COc1cc(OC2CC(N3CCOC4(CCN(c5ccc(C(=O)CC6C(C)(C)C(Oc7cc(C)c(C#N)c(C)c7)C6(C)C)cc5)CC4)C3)C2)ccc1C(=O)N[C@H]1CCC(=O)CC1=O. The predicted octanol–water partition coefficient (Wildman–Crippen LogP) is 7.59. The quantitative estimate of drug-likeness (QED) is 0.142. The van der Waals surface area contributed by atoms with E-state index < -0.39 is 11.9 Å². The number of ether oxygens (including phenoxy) is 4. The minimum atomic E-state index is -0.663. The molecule has 3 aliphatic carbocycles. The summed E-state index contributed by atoms with van der Waals surface area (Å²) in [6, 6.07) is 19.2. The van der Waals surface area contributed by atoms with Crippen molar-refractivity contribution in [2.45, 2.75) is 123 Å². The van der Waals surface area contributed by atoms with E-state index in [1.54, 1.807) is 18.2 Å². The maximum atomic E-state index is 13.7. The van der Waals surface area contributed by atoms with E-state index in [-0.39, 0.29) is 64.7 Å². The van der Waals surface area contributed by atoms with Crippen molar-refractivity contribution >= 4 is 28.9 Å². The van der Waals surface area contributed by atoms with E-state index >= 15 is 0 Å². The van der Waals surface area contributed by atoms with Gasteiger partial charge in [-0.05, 0) is 98.7 Å². The molecule has 12 heteroatoms. The first-order valence-corrected chi connectivity index (χ1v) is 22.6. The third-order valence-electron chi connectivity index (χ3n) is 15.0. The fourth-order valence-electron chi connectivity index (χ4n) is 11.5. The van der Waals surface area contributed by atoms with Crippen LogP contribution in [0.1, 0.15) is 116 Å². The Bertz CT molecular complexity index is 2260. The first-order valence-electron chi connectivity index (χ1n) is 22.6. The molecular formula is C51H62N4O8. The molecule has 8 rings (SSSR count). The molecule has 12 nitrogen and oxygen atoms in total. The Kier molecular flexibility index (Phi) is 12.2. The van der Waals surface area contributed by atoms with Gasteiger partial charge in [0.1, 0.15) is 35.2 Å². The second-order valence-corrected chi connectivity index (χ2v) is 19.9. The molecule has 334 valence electrons. The van der Waals surface area contributed by atoms with E-state index in [0.29, 0.717) is 48.1 Å². The molecule has 1 spiro atoms. The topological polar surface area (TPSA) is 147 Å². The second-order valence-electron chi connectivity index (χ2n) is 19.9. The summed E-state index contributed by atoms with van der Waals surface area (Å²) in [5.74, 6) is 1.33. The summed E-state index contributed by atoms with van der Waals surface area (Å²) in [5, 5.41) is 12.3. The van der Waals surface area contributed by atoms with Gasteiger partial charge in [-0.15, -0.1) is 0 Å². The maximum absolute atomic E-state index is 13.7. The van der Waals surface area contributed by atoms with Crippen molar-refractivity contribution in [1.29, 1.82) is 5.26 Å². The van der Waals surface area contributed by atoms with E-state index in [9.17, 15) is 24.4 Å². The van der Waals surface area contributed by atoms with Crippen LogP contribution in [0.3, 0.4) is 0 Å². The molecule has 5 fully saturated rings. The molecule has 1 N–H and O–H groups in total. The number of ketones is 3. The highest BCUT2D eigenvalue weighted by atomic mass is 16.5. The number of carbonyl (C=O) groups is 4. The normalized spacial score (nSPS) is 26.2. The summed E-state index contributed by atoms with van der Waals surface area (Å²) in [6.45, 7) is 16.9. The molecule has 63 heavy (non-hydrogen) atoms. The summed E-state index contributed by atoms with van der Waals surface area (Å²) >= 11 is 0. The van der Waals surface area contributed by atoms with Gasteiger partial charge in [0.2, 0.25) is 0 Å². The number of benzene rings is 3. The number of nitrogens with one attached hydrogen (secondary N) is 1. The van der Waals surface area contributed by atoms with Crippen molar-refractivity contribution < 1.29 is 38.1 Å². The lowest BCUT2D eigenvalue weighted by molar-refractivity contribution is -0.196. The second kappa shape index (κ2) is 17.4. The van der Waals surface area contributed by atoms with Crippen molar-refractivity contribution in [3.63, 3.8) is 0 Å². The first-order chi connectivity index (χ1) is 30.0. The maximum Gasteiger partial charge on any atom is 0.255 e. The number of nitriles is 1. The zero-order valence-corrected chi connectivity index (χ0v) is 37.9. The molecule has 0 bridgehead atoms. The number of amides is 1. The molecule has 5 aliphatic rings. The van der Waals surface area contributed by atoms with Crippen LogP contribution in [0.4, 0.5) is 5.69 Å². The average molecular weight is 859 g/mol. The van der Waals surface area contributed by atoms with Crippen LogP contribution in [0.2, 0.25) is 0 Å². The van der Waals surface area contributed by atoms with E-state index in [4.69, 9.17) is 18.9 Å². The van der Waals surface area contributed by atoms with Crippen LogP contribution >= 0.6 is 0 Å². The van der Waals surface area contributed by atoms with E-state index in [0.717, 1.165) is 80.0 Å². The van der Waals surface area contributed by atoms with Crippen LogP contribution in [0.25, 0.3) is 0 Å². The number of Topliss-reactive ketones (excluding diaryl/α,β-unsaturated/α-hetero) is 3. The van der Waals surface area contributed by atoms with Gasteiger partial charge in [0.15, 0.2) is 11.6 Å². The van der Waals surface area contributed by atoms with Gasteiger partial charge in [-0.3, -0.25) is 24.1 Å². The summed E-state index contributed by atoms with van der Waals surface area (Å²) in [6.07, 6.45) is 4.59. The molecule has 2 heterocycles. The summed E-state index contributed by atoms with van der Waals surface area (Å²) in [4.78, 5) is 55.6. The number of rotatable bonds is 12. The lowest BCUT2D eigenvalue weighted by atomic mass is 9.44. The Morgan fingerprint density at radius 2 is 1.59 bits per heavy atom. The van der Waals surface area contributed by atoms with Gasteiger partial charge in [0.05, 0.1) is 49.0 Å². The van der Waals surface area contributed by atoms with E-state index in [1.165, 1.54) is 7.11 Å². The smallest absolute Gasteiger partial charge is 0.255 e. The Morgan fingerprint density at radius 3 is 2.22 bits per heavy atom. The highest BCUT2D eigenvalue weighted by Crippen LogP contribution is 2.62. The molecule has 1 amide bonds.